The fourth-order valence-electron chi connectivity index (χ4n) is 3.33. The number of likely N-dealkylation sites (tertiary alicyclic amines) is 1. The van der Waals surface area contributed by atoms with Crippen molar-refractivity contribution in [3.8, 4) is 0 Å². The van der Waals surface area contributed by atoms with Crippen LogP contribution in [0.5, 0.6) is 0 Å². The standard InChI is InChI=1S/C16H25N3O2S/c1-18(2)7-5-17-16(20)15-9-13-14(21-15)3-6-19(13)10-12-4-8-22-11-12/h4,8,11,13-15H,3,5-7,9-10H2,1-2H3,(H,17,20)/t13-,14-,15+/m0/s1. The zero-order chi connectivity index (χ0) is 15.5. The molecule has 0 unspecified atom stereocenters. The fraction of sp³-hybridized carbons (Fsp3) is 0.688. The molecule has 0 radical (unpaired) electrons. The number of thiophene rings is 1. The van der Waals surface area contributed by atoms with Gasteiger partial charge in [-0.25, -0.2) is 0 Å². The Morgan fingerprint density at radius 2 is 2.41 bits per heavy atom. The molecule has 22 heavy (non-hydrogen) atoms. The number of amides is 1. The van der Waals surface area contributed by atoms with Gasteiger partial charge in [0.05, 0.1) is 6.10 Å². The van der Waals surface area contributed by atoms with Crippen molar-refractivity contribution in [2.24, 2.45) is 0 Å². The summed E-state index contributed by atoms with van der Waals surface area (Å²) < 4.78 is 5.99. The van der Waals surface area contributed by atoms with Crippen molar-refractivity contribution in [1.29, 1.82) is 0 Å². The zero-order valence-electron chi connectivity index (χ0n) is 13.3. The van der Waals surface area contributed by atoms with E-state index in [1.165, 1.54) is 5.56 Å². The molecule has 3 rings (SSSR count). The molecule has 3 atom stereocenters. The van der Waals surface area contributed by atoms with Gasteiger partial charge < -0.3 is 15.0 Å². The van der Waals surface area contributed by atoms with Gasteiger partial charge in [-0.3, -0.25) is 9.69 Å². The maximum Gasteiger partial charge on any atom is 0.249 e. The second-order valence-corrected chi connectivity index (χ2v) is 7.23. The van der Waals surface area contributed by atoms with Crippen LogP contribution in [0.25, 0.3) is 0 Å². The third-order valence-electron chi connectivity index (χ3n) is 4.51. The summed E-state index contributed by atoms with van der Waals surface area (Å²) in [5, 5.41) is 7.31. The van der Waals surface area contributed by atoms with E-state index in [1.807, 2.05) is 14.1 Å². The van der Waals surface area contributed by atoms with E-state index in [4.69, 9.17) is 4.74 Å². The van der Waals surface area contributed by atoms with Crippen molar-refractivity contribution in [2.75, 3.05) is 33.7 Å². The topological polar surface area (TPSA) is 44.8 Å². The molecule has 2 fully saturated rings. The predicted octanol–water partition coefficient (Wildman–Crippen LogP) is 1.16. The molecule has 5 nitrogen and oxygen atoms in total. The van der Waals surface area contributed by atoms with Gasteiger partial charge >= 0.3 is 0 Å². The van der Waals surface area contributed by atoms with Gasteiger partial charge in [0.1, 0.15) is 6.10 Å². The second kappa shape index (κ2) is 7.08. The van der Waals surface area contributed by atoms with Gasteiger partial charge in [-0.2, -0.15) is 11.3 Å². The fourth-order valence-corrected chi connectivity index (χ4v) is 3.99. The Morgan fingerprint density at radius 3 is 3.14 bits per heavy atom. The quantitative estimate of drug-likeness (QED) is 0.853. The third-order valence-corrected chi connectivity index (χ3v) is 5.24. The summed E-state index contributed by atoms with van der Waals surface area (Å²) in [7, 11) is 4.01. The Balaban J connectivity index is 1.49. The molecule has 122 valence electrons. The van der Waals surface area contributed by atoms with Crippen LogP contribution in [0.15, 0.2) is 16.8 Å². The highest BCUT2D eigenvalue weighted by atomic mass is 32.1. The molecule has 0 bridgehead atoms. The zero-order valence-corrected chi connectivity index (χ0v) is 14.1. The van der Waals surface area contributed by atoms with Crippen LogP contribution in [0, 0.1) is 0 Å². The number of carbonyl (C=O) groups excluding carboxylic acids is 1. The van der Waals surface area contributed by atoms with Gasteiger partial charge in [-0.15, -0.1) is 0 Å². The van der Waals surface area contributed by atoms with E-state index in [2.05, 4.69) is 31.9 Å². The number of hydrogen-bond donors (Lipinski definition) is 1. The van der Waals surface area contributed by atoms with Crippen molar-refractivity contribution in [3.05, 3.63) is 22.4 Å². The molecule has 1 amide bonds. The summed E-state index contributed by atoms with van der Waals surface area (Å²) in [5.74, 6) is 0.0479. The van der Waals surface area contributed by atoms with Gasteiger partial charge in [-0.05, 0) is 42.9 Å². The third kappa shape index (κ3) is 3.68. The molecule has 6 heteroatoms. The molecule has 2 aliphatic heterocycles. The van der Waals surface area contributed by atoms with Crippen LogP contribution in [-0.2, 0) is 16.1 Å². The number of nitrogens with zero attached hydrogens (tertiary/aromatic N) is 2. The van der Waals surface area contributed by atoms with Crippen LogP contribution in [0.1, 0.15) is 18.4 Å². The summed E-state index contributed by atoms with van der Waals surface area (Å²) in [6.45, 7) is 3.58. The van der Waals surface area contributed by atoms with Crippen LogP contribution in [0.3, 0.4) is 0 Å². The molecule has 0 spiro atoms. The number of carbonyl (C=O) groups is 1. The van der Waals surface area contributed by atoms with Crippen molar-refractivity contribution in [2.45, 2.75) is 37.6 Å². The van der Waals surface area contributed by atoms with Crippen LogP contribution in [0.4, 0.5) is 0 Å². The number of rotatable bonds is 6. The van der Waals surface area contributed by atoms with Crippen LogP contribution in [0.2, 0.25) is 0 Å². The van der Waals surface area contributed by atoms with E-state index < -0.39 is 0 Å². The minimum Gasteiger partial charge on any atom is -0.363 e. The number of nitrogens with one attached hydrogen (secondary N) is 1. The summed E-state index contributed by atoms with van der Waals surface area (Å²) in [6, 6.07) is 2.57. The first-order chi connectivity index (χ1) is 10.6. The first-order valence-electron chi connectivity index (χ1n) is 7.96. The number of ether oxygens (including phenoxy) is 1. The maximum absolute atomic E-state index is 12.2. The normalized spacial score (nSPS) is 28.2. The first-order valence-corrected chi connectivity index (χ1v) is 8.91. The highest BCUT2D eigenvalue weighted by Gasteiger charge is 2.45. The molecule has 0 aliphatic carbocycles. The van der Waals surface area contributed by atoms with E-state index in [0.29, 0.717) is 12.6 Å². The molecular formula is C16H25N3O2S. The molecule has 1 aromatic heterocycles. The molecule has 1 N–H and O–H groups in total. The van der Waals surface area contributed by atoms with Gasteiger partial charge in [0.2, 0.25) is 5.91 Å². The van der Waals surface area contributed by atoms with Crippen LogP contribution in [-0.4, -0.2) is 67.7 Å². The molecule has 2 aliphatic rings. The molecular weight excluding hydrogens is 298 g/mol. The largest absolute Gasteiger partial charge is 0.363 e. The Morgan fingerprint density at radius 1 is 1.55 bits per heavy atom. The lowest BCUT2D eigenvalue weighted by Gasteiger charge is -2.22. The SMILES string of the molecule is CN(C)CCNC(=O)[C@H]1C[C@H]2[C@H](CCN2Cc2ccsc2)O1. The average Bonchev–Trinajstić information content (AvgIpc) is 3.17. The molecule has 3 heterocycles. The van der Waals surface area contributed by atoms with E-state index in [9.17, 15) is 4.79 Å². The minimum absolute atomic E-state index is 0.0479. The van der Waals surface area contributed by atoms with Crippen molar-refractivity contribution < 1.29 is 9.53 Å². The smallest absolute Gasteiger partial charge is 0.249 e. The highest BCUT2D eigenvalue weighted by molar-refractivity contribution is 7.07. The summed E-state index contributed by atoms with van der Waals surface area (Å²) >= 11 is 1.74. The van der Waals surface area contributed by atoms with E-state index >= 15 is 0 Å². The minimum atomic E-state index is -0.276. The lowest BCUT2D eigenvalue weighted by Crippen LogP contribution is -2.39. The van der Waals surface area contributed by atoms with Gasteiger partial charge in [0.15, 0.2) is 0 Å². The van der Waals surface area contributed by atoms with Crippen molar-refractivity contribution in [3.63, 3.8) is 0 Å². The molecule has 0 saturated carbocycles. The first kappa shape index (κ1) is 15.9. The number of fused-ring (bicyclic) bond motifs is 1. The van der Waals surface area contributed by atoms with Crippen molar-refractivity contribution >= 4 is 17.2 Å². The number of likely N-dealkylation sites (N-methyl/N-ethyl adjacent to an activating group) is 1. The van der Waals surface area contributed by atoms with Gasteiger partial charge in [0, 0.05) is 38.6 Å². The monoisotopic (exact) mass is 323 g/mol. The maximum atomic E-state index is 12.2. The Labute approximate surface area is 136 Å². The van der Waals surface area contributed by atoms with E-state index in [1.54, 1.807) is 11.3 Å². The van der Waals surface area contributed by atoms with Gasteiger partial charge in [-0.1, -0.05) is 0 Å². The Kier molecular flexibility index (Phi) is 5.13. The lowest BCUT2D eigenvalue weighted by atomic mass is 10.1. The van der Waals surface area contributed by atoms with Crippen molar-refractivity contribution in [1.82, 2.24) is 15.1 Å². The van der Waals surface area contributed by atoms with Gasteiger partial charge in [0.25, 0.3) is 0 Å². The lowest BCUT2D eigenvalue weighted by molar-refractivity contribution is -0.132. The van der Waals surface area contributed by atoms with E-state index in [-0.39, 0.29) is 18.1 Å². The Bertz CT molecular complexity index is 492. The highest BCUT2D eigenvalue weighted by Crippen LogP contribution is 2.34. The number of hydrogen-bond acceptors (Lipinski definition) is 5. The van der Waals surface area contributed by atoms with E-state index in [0.717, 1.165) is 32.5 Å². The molecule has 1 aromatic rings. The van der Waals surface area contributed by atoms with Crippen LogP contribution < -0.4 is 5.32 Å². The van der Waals surface area contributed by atoms with Crippen LogP contribution >= 0.6 is 11.3 Å². The Hall–Kier alpha value is -0.950. The molecule has 2 saturated heterocycles. The molecule has 0 aromatic carbocycles. The summed E-state index contributed by atoms with van der Waals surface area (Å²) in [6.07, 6.45) is 1.81. The predicted molar refractivity (Wildman–Crippen MR) is 88.0 cm³/mol. The average molecular weight is 323 g/mol. The summed E-state index contributed by atoms with van der Waals surface area (Å²) in [5.41, 5.74) is 1.37. The summed E-state index contributed by atoms with van der Waals surface area (Å²) in [4.78, 5) is 16.7. The second-order valence-electron chi connectivity index (χ2n) is 6.45.